The standard InChI is InChI=1S/C20H23FN6O3/c1-25-11-14(10-22-25)19(29)13-5-7-26(8-6-13)18(28)4-2-3-17-23-20(30)16-9-15(21)12-27(16)24-17/h9-13H,2-8H2,1H3,(H,23,24,30). The van der Waals surface area contributed by atoms with Crippen LogP contribution in [0.5, 0.6) is 0 Å². The molecule has 10 heteroatoms. The number of carbonyl (C=O) groups excluding carboxylic acids is 2. The number of aryl methyl sites for hydroxylation is 2. The number of piperidine rings is 1. The van der Waals surface area contributed by atoms with Gasteiger partial charge in [0.05, 0.1) is 18.0 Å². The monoisotopic (exact) mass is 414 g/mol. The van der Waals surface area contributed by atoms with Gasteiger partial charge in [0.1, 0.15) is 17.2 Å². The Morgan fingerprint density at radius 2 is 2.03 bits per heavy atom. The molecule has 1 fully saturated rings. The highest BCUT2D eigenvalue weighted by Crippen LogP contribution is 2.22. The van der Waals surface area contributed by atoms with Crippen molar-refractivity contribution in [2.45, 2.75) is 32.1 Å². The second kappa shape index (κ2) is 8.21. The summed E-state index contributed by atoms with van der Waals surface area (Å²) in [7, 11) is 1.78. The Labute approximate surface area is 171 Å². The van der Waals surface area contributed by atoms with Crippen LogP contribution in [0.2, 0.25) is 0 Å². The lowest BCUT2D eigenvalue weighted by Crippen LogP contribution is -2.40. The molecule has 0 aromatic carbocycles. The molecule has 4 heterocycles. The fourth-order valence-electron chi connectivity index (χ4n) is 3.88. The zero-order valence-electron chi connectivity index (χ0n) is 16.7. The Hall–Kier alpha value is -3.30. The third-order valence-corrected chi connectivity index (χ3v) is 5.50. The molecule has 0 radical (unpaired) electrons. The maximum Gasteiger partial charge on any atom is 0.275 e. The summed E-state index contributed by atoms with van der Waals surface area (Å²) >= 11 is 0. The Balaban J connectivity index is 1.26. The van der Waals surface area contributed by atoms with Gasteiger partial charge in [-0.2, -0.15) is 10.2 Å². The van der Waals surface area contributed by atoms with Crippen molar-refractivity contribution in [1.82, 2.24) is 29.3 Å². The van der Waals surface area contributed by atoms with Crippen molar-refractivity contribution in [3.63, 3.8) is 0 Å². The molecule has 1 N–H and O–H groups in total. The molecule has 1 amide bonds. The minimum atomic E-state index is -0.522. The van der Waals surface area contributed by atoms with E-state index in [1.54, 1.807) is 29.0 Å². The molecule has 0 spiro atoms. The Morgan fingerprint density at radius 3 is 2.73 bits per heavy atom. The Bertz CT molecular complexity index is 1140. The highest BCUT2D eigenvalue weighted by Gasteiger charge is 2.28. The first kappa shape index (κ1) is 20.0. The van der Waals surface area contributed by atoms with Crippen LogP contribution in [0.1, 0.15) is 41.9 Å². The van der Waals surface area contributed by atoms with Gasteiger partial charge in [-0.3, -0.25) is 19.1 Å². The van der Waals surface area contributed by atoms with Crippen molar-refractivity contribution in [2.75, 3.05) is 13.1 Å². The largest absolute Gasteiger partial charge is 0.343 e. The highest BCUT2D eigenvalue weighted by atomic mass is 19.1. The predicted molar refractivity (Wildman–Crippen MR) is 106 cm³/mol. The molecule has 30 heavy (non-hydrogen) atoms. The Morgan fingerprint density at radius 1 is 1.27 bits per heavy atom. The maximum atomic E-state index is 13.3. The predicted octanol–water partition coefficient (Wildman–Crippen LogP) is 1.34. The summed E-state index contributed by atoms with van der Waals surface area (Å²) in [4.78, 5) is 41.4. The van der Waals surface area contributed by atoms with Crippen LogP contribution >= 0.6 is 0 Å². The topological polar surface area (TPSA) is 105 Å². The van der Waals surface area contributed by atoms with Crippen LogP contribution in [0.25, 0.3) is 5.52 Å². The lowest BCUT2D eigenvalue weighted by atomic mass is 9.90. The second-order valence-corrected chi connectivity index (χ2v) is 7.66. The van der Waals surface area contributed by atoms with Gasteiger partial charge < -0.3 is 9.88 Å². The number of aromatic amines is 1. The second-order valence-electron chi connectivity index (χ2n) is 7.66. The summed E-state index contributed by atoms with van der Waals surface area (Å²) < 4.78 is 16.1. The molecule has 1 saturated heterocycles. The van der Waals surface area contributed by atoms with Gasteiger partial charge in [0.15, 0.2) is 5.78 Å². The van der Waals surface area contributed by atoms with E-state index in [1.165, 1.54) is 4.52 Å². The molecule has 9 nitrogen and oxygen atoms in total. The van der Waals surface area contributed by atoms with E-state index in [0.29, 0.717) is 56.6 Å². The number of amides is 1. The van der Waals surface area contributed by atoms with Crippen molar-refractivity contribution in [2.24, 2.45) is 13.0 Å². The average Bonchev–Trinajstić information content (AvgIpc) is 3.33. The summed E-state index contributed by atoms with van der Waals surface area (Å²) in [6.45, 7) is 1.11. The minimum Gasteiger partial charge on any atom is -0.343 e. The summed E-state index contributed by atoms with van der Waals surface area (Å²) in [6, 6.07) is 1.13. The molecule has 0 saturated carbocycles. The number of rotatable bonds is 6. The molecule has 0 atom stereocenters. The number of hydrogen-bond acceptors (Lipinski definition) is 5. The number of H-pyrrole nitrogens is 1. The third-order valence-electron chi connectivity index (χ3n) is 5.50. The van der Waals surface area contributed by atoms with E-state index >= 15 is 0 Å². The number of aromatic nitrogens is 5. The third kappa shape index (κ3) is 4.17. The van der Waals surface area contributed by atoms with Crippen LogP contribution in [0.15, 0.2) is 29.5 Å². The number of fused-ring (bicyclic) bond motifs is 1. The van der Waals surface area contributed by atoms with Crippen molar-refractivity contribution in [3.8, 4) is 0 Å². The zero-order valence-corrected chi connectivity index (χ0v) is 16.7. The lowest BCUT2D eigenvalue weighted by Gasteiger charge is -2.31. The molecular weight excluding hydrogens is 391 g/mol. The number of hydrogen-bond donors (Lipinski definition) is 1. The molecule has 3 aromatic heterocycles. The van der Waals surface area contributed by atoms with Crippen LogP contribution in [0, 0.1) is 11.7 Å². The van der Waals surface area contributed by atoms with Crippen LogP contribution in [-0.2, 0) is 18.3 Å². The van der Waals surface area contributed by atoms with Gasteiger partial charge in [-0.1, -0.05) is 0 Å². The molecule has 0 unspecified atom stereocenters. The number of Topliss-reactive ketones (excluding diaryl/α,β-unsaturated/α-hetero) is 1. The molecule has 1 aliphatic heterocycles. The van der Waals surface area contributed by atoms with Gasteiger partial charge in [-0.05, 0) is 19.3 Å². The summed E-state index contributed by atoms with van der Waals surface area (Å²) in [5, 5.41) is 8.22. The highest BCUT2D eigenvalue weighted by molar-refractivity contribution is 5.97. The molecule has 1 aliphatic rings. The zero-order chi connectivity index (χ0) is 21.3. The van der Waals surface area contributed by atoms with Gasteiger partial charge in [0.25, 0.3) is 5.56 Å². The van der Waals surface area contributed by atoms with Gasteiger partial charge >= 0.3 is 0 Å². The number of carbonyl (C=O) groups is 2. The van der Waals surface area contributed by atoms with Gasteiger partial charge in [-0.25, -0.2) is 8.91 Å². The first-order valence-electron chi connectivity index (χ1n) is 9.98. The minimum absolute atomic E-state index is 0.0257. The van der Waals surface area contributed by atoms with Gasteiger partial charge in [-0.15, -0.1) is 0 Å². The van der Waals surface area contributed by atoms with E-state index in [0.717, 1.165) is 12.3 Å². The normalized spacial score (nSPS) is 15.1. The smallest absolute Gasteiger partial charge is 0.275 e. The van der Waals surface area contributed by atoms with E-state index in [9.17, 15) is 18.8 Å². The summed E-state index contributed by atoms with van der Waals surface area (Å²) in [6.07, 6.45) is 6.99. The van der Waals surface area contributed by atoms with Gasteiger partial charge in [0, 0.05) is 51.2 Å². The van der Waals surface area contributed by atoms with Crippen molar-refractivity contribution < 1.29 is 14.0 Å². The molecule has 3 aromatic rings. The van der Waals surface area contributed by atoms with Gasteiger partial charge in [0.2, 0.25) is 5.91 Å². The first-order valence-corrected chi connectivity index (χ1v) is 9.98. The molecule has 0 aliphatic carbocycles. The Kier molecular flexibility index (Phi) is 5.47. The lowest BCUT2D eigenvalue weighted by molar-refractivity contribution is -0.132. The number of ketones is 1. The van der Waals surface area contributed by atoms with Crippen LogP contribution in [0.3, 0.4) is 0 Å². The van der Waals surface area contributed by atoms with E-state index in [1.807, 2.05) is 0 Å². The van der Waals surface area contributed by atoms with E-state index in [-0.39, 0.29) is 23.1 Å². The van der Waals surface area contributed by atoms with E-state index in [4.69, 9.17) is 0 Å². The molecular formula is C20H23FN6O3. The van der Waals surface area contributed by atoms with Crippen LogP contribution in [-0.4, -0.2) is 54.1 Å². The van der Waals surface area contributed by atoms with Crippen molar-refractivity contribution in [3.05, 3.63) is 52.2 Å². The fourth-order valence-corrected chi connectivity index (χ4v) is 3.88. The summed E-state index contributed by atoms with van der Waals surface area (Å²) in [5.41, 5.74) is 0.356. The molecule has 0 bridgehead atoms. The summed E-state index contributed by atoms with van der Waals surface area (Å²) in [5.74, 6) is -0.0802. The molecule has 158 valence electrons. The SMILES string of the molecule is Cn1cc(C(=O)C2CCN(C(=O)CCCc3nn4cc(F)cc4c(=O)[nH]3)CC2)cn1. The number of halogens is 1. The van der Waals surface area contributed by atoms with E-state index in [2.05, 4.69) is 15.2 Å². The average molecular weight is 414 g/mol. The number of nitrogens with one attached hydrogen (secondary N) is 1. The van der Waals surface area contributed by atoms with E-state index < -0.39 is 11.4 Å². The van der Waals surface area contributed by atoms with Crippen LogP contribution in [0.4, 0.5) is 4.39 Å². The van der Waals surface area contributed by atoms with Crippen molar-refractivity contribution in [1.29, 1.82) is 0 Å². The number of nitrogens with zero attached hydrogens (tertiary/aromatic N) is 5. The van der Waals surface area contributed by atoms with Crippen LogP contribution < -0.4 is 5.56 Å². The maximum absolute atomic E-state index is 13.3. The first-order chi connectivity index (χ1) is 14.4. The number of likely N-dealkylation sites (tertiary alicyclic amines) is 1. The fraction of sp³-hybridized carbons (Fsp3) is 0.450. The molecule has 4 rings (SSSR count). The van der Waals surface area contributed by atoms with Crippen molar-refractivity contribution >= 4 is 17.2 Å². The quantitative estimate of drug-likeness (QED) is 0.613.